The van der Waals surface area contributed by atoms with Gasteiger partial charge in [-0.05, 0) is 86.4 Å². The fraction of sp³-hybridized carbons (Fsp3) is 0.788. The van der Waals surface area contributed by atoms with Crippen molar-refractivity contribution >= 4 is 17.7 Å². The highest BCUT2D eigenvalue weighted by Gasteiger charge is 2.63. The number of carbonyl (C=O) groups excluding carboxylic acids is 3. The van der Waals surface area contributed by atoms with Crippen LogP contribution in [0, 0.1) is 46.3 Å². The van der Waals surface area contributed by atoms with E-state index in [4.69, 9.17) is 14.2 Å². The van der Waals surface area contributed by atoms with Crippen LogP contribution in [-0.2, 0) is 28.6 Å². The highest BCUT2D eigenvalue weighted by atomic mass is 16.5. The maximum Gasteiger partial charge on any atom is 0.302 e. The first-order chi connectivity index (χ1) is 18.3. The fourth-order valence-corrected chi connectivity index (χ4v) is 9.84. The van der Waals surface area contributed by atoms with Gasteiger partial charge >= 0.3 is 11.9 Å². The molecule has 4 aliphatic carbocycles. The Morgan fingerprint density at radius 3 is 2.44 bits per heavy atom. The van der Waals surface area contributed by atoms with Gasteiger partial charge in [-0.3, -0.25) is 14.4 Å². The van der Waals surface area contributed by atoms with Crippen LogP contribution in [0.5, 0.6) is 0 Å². The number of hydrogen-bond donors (Lipinski definition) is 0. The summed E-state index contributed by atoms with van der Waals surface area (Å²) in [6, 6.07) is 0. The minimum Gasteiger partial charge on any atom is -0.498 e. The molecule has 39 heavy (non-hydrogen) atoms. The van der Waals surface area contributed by atoms with E-state index in [-0.39, 0.29) is 52.6 Å². The summed E-state index contributed by atoms with van der Waals surface area (Å²) < 4.78 is 17.5. The summed E-state index contributed by atoms with van der Waals surface area (Å²) in [5.41, 5.74) is 2.34. The number of ether oxygens (including phenoxy) is 3. The number of fused-ring (bicyclic) bond motifs is 5. The van der Waals surface area contributed by atoms with Crippen LogP contribution in [0.2, 0.25) is 0 Å². The van der Waals surface area contributed by atoms with Crippen LogP contribution in [0.3, 0.4) is 0 Å². The second kappa shape index (κ2) is 10.4. The zero-order chi connectivity index (χ0) is 28.3. The zero-order valence-corrected chi connectivity index (χ0v) is 25.0. The van der Waals surface area contributed by atoms with Crippen molar-refractivity contribution in [3.63, 3.8) is 0 Å². The first-order valence-electron chi connectivity index (χ1n) is 15.3. The average Bonchev–Trinajstić information content (AvgIpc) is 3.15. The lowest BCUT2D eigenvalue weighted by atomic mass is 9.47. The molecule has 1 heterocycles. The van der Waals surface area contributed by atoms with E-state index in [0.29, 0.717) is 30.3 Å². The third-order valence-corrected chi connectivity index (χ3v) is 11.6. The largest absolute Gasteiger partial charge is 0.498 e. The second-order valence-corrected chi connectivity index (χ2v) is 14.0. The van der Waals surface area contributed by atoms with E-state index in [2.05, 4.69) is 33.8 Å². The van der Waals surface area contributed by atoms with Crippen LogP contribution in [0.4, 0.5) is 0 Å². The van der Waals surface area contributed by atoms with Crippen LogP contribution >= 0.6 is 0 Å². The summed E-state index contributed by atoms with van der Waals surface area (Å²) in [5, 5.41) is 0. The monoisotopic (exact) mass is 540 g/mol. The van der Waals surface area contributed by atoms with E-state index in [9.17, 15) is 14.4 Å². The van der Waals surface area contributed by atoms with Crippen molar-refractivity contribution in [2.45, 2.75) is 112 Å². The van der Waals surface area contributed by atoms with Crippen molar-refractivity contribution in [1.82, 2.24) is 0 Å². The molecule has 3 saturated carbocycles. The Morgan fingerprint density at radius 2 is 1.74 bits per heavy atom. The van der Waals surface area contributed by atoms with Gasteiger partial charge in [0.25, 0.3) is 0 Å². The van der Waals surface area contributed by atoms with Gasteiger partial charge in [0.2, 0.25) is 0 Å². The molecule has 0 N–H and O–H groups in total. The van der Waals surface area contributed by atoms with Gasteiger partial charge in [-0.15, -0.1) is 0 Å². The van der Waals surface area contributed by atoms with Crippen molar-refractivity contribution in [3.05, 3.63) is 23.0 Å². The van der Waals surface area contributed by atoms with Crippen LogP contribution in [0.25, 0.3) is 0 Å². The summed E-state index contributed by atoms with van der Waals surface area (Å²) in [6.07, 6.45) is 9.77. The molecule has 0 unspecified atom stereocenters. The first-order valence-corrected chi connectivity index (χ1v) is 15.3. The van der Waals surface area contributed by atoms with Crippen LogP contribution in [0.1, 0.15) is 99.8 Å². The molecule has 0 saturated heterocycles. The molecule has 0 aromatic rings. The van der Waals surface area contributed by atoms with Crippen LogP contribution in [-0.4, -0.2) is 36.5 Å². The summed E-state index contributed by atoms with van der Waals surface area (Å²) in [6.45, 7) is 14.6. The van der Waals surface area contributed by atoms with Gasteiger partial charge in [-0.1, -0.05) is 39.3 Å². The number of esters is 2. The number of allylic oxidation sites excluding steroid dienone is 3. The quantitative estimate of drug-likeness (QED) is 0.290. The molecule has 216 valence electrons. The molecular weight excluding hydrogens is 492 g/mol. The number of carbonyl (C=O) groups is 3. The molecule has 6 nitrogen and oxygen atoms in total. The Hall–Kier alpha value is -2.11. The van der Waals surface area contributed by atoms with Gasteiger partial charge in [0.15, 0.2) is 5.78 Å². The minimum absolute atomic E-state index is 0.00438. The minimum atomic E-state index is -0.255. The fourth-order valence-electron chi connectivity index (χ4n) is 9.84. The van der Waals surface area contributed by atoms with Crippen LogP contribution in [0.15, 0.2) is 23.0 Å². The lowest BCUT2D eigenvalue weighted by molar-refractivity contribution is -0.152. The van der Waals surface area contributed by atoms with Gasteiger partial charge in [0.1, 0.15) is 12.2 Å². The van der Waals surface area contributed by atoms with E-state index in [0.717, 1.165) is 62.7 Å². The highest BCUT2D eigenvalue weighted by Crippen LogP contribution is 2.67. The number of Topliss-reactive ketones (excluding diaryl/α,β-unsaturated/α-hetero) is 1. The molecule has 0 aromatic heterocycles. The third-order valence-electron chi connectivity index (χ3n) is 11.6. The number of hydrogen-bond acceptors (Lipinski definition) is 6. The van der Waals surface area contributed by atoms with Crippen molar-refractivity contribution in [1.29, 1.82) is 0 Å². The van der Waals surface area contributed by atoms with E-state index < -0.39 is 0 Å². The van der Waals surface area contributed by atoms with Crippen molar-refractivity contribution in [3.8, 4) is 0 Å². The van der Waals surface area contributed by atoms with E-state index in [1.807, 2.05) is 6.92 Å². The molecule has 5 rings (SSSR count). The van der Waals surface area contributed by atoms with Crippen molar-refractivity contribution in [2.24, 2.45) is 46.3 Å². The van der Waals surface area contributed by atoms with Crippen molar-refractivity contribution < 1.29 is 28.6 Å². The topological polar surface area (TPSA) is 78.9 Å². The summed E-state index contributed by atoms with van der Waals surface area (Å²) >= 11 is 0. The predicted molar refractivity (Wildman–Crippen MR) is 148 cm³/mol. The van der Waals surface area contributed by atoms with Crippen molar-refractivity contribution in [2.75, 3.05) is 6.61 Å². The first kappa shape index (κ1) is 28.4. The molecule has 0 radical (unpaired) electrons. The molecule has 6 heteroatoms. The standard InChI is InChI=1S/C33H48O6/c1-18-14-26(20(3)37-17-18)31(36)19(2)30-29(39-22(5)35)16-28-25-9-8-23-15-24(38-21(4)34)10-12-32(23,6)27(25)11-13-33(28,30)7/h8,18-19,24-25,27-30H,9-17H2,1-7H3/t18-,19+,24+,25-,27+,28+,29+,30+,32+,33+/m1/s1. The molecule has 0 spiro atoms. The van der Waals surface area contributed by atoms with Gasteiger partial charge in [-0.2, -0.15) is 0 Å². The Morgan fingerprint density at radius 1 is 1.03 bits per heavy atom. The smallest absolute Gasteiger partial charge is 0.302 e. The summed E-state index contributed by atoms with van der Waals surface area (Å²) in [4.78, 5) is 37.9. The maximum absolute atomic E-state index is 14.0. The average molecular weight is 541 g/mol. The maximum atomic E-state index is 14.0. The van der Waals surface area contributed by atoms with Gasteiger partial charge < -0.3 is 14.2 Å². The Kier molecular flexibility index (Phi) is 7.56. The molecule has 0 bridgehead atoms. The van der Waals surface area contributed by atoms with E-state index in [1.54, 1.807) is 0 Å². The Labute approximate surface area is 234 Å². The van der Waals surface area contributed by atoms with Gasteiger partial charge in [0, 0.05) is 37.7 Å². The number of rotatable bonds is 5. The Bertz CT molecular complexity index is 1090. The molecule has 3 fully saturated rings. The molecule has 10 atom stereocenters. The van der Waals surface area contributed by atoms with Crippen LogP contribution < -0.4 is 0 Å². The molecule has 5 aliphatic rings. The third kappa shape index (κ3) is 4.88. The van der Waals surface area contributed by atoms with E-state index >= 15 is 0 Å². The molecular formula is C33H48O6. The van der Waals surface area contributed by atoms with Gasteiger partial charge in [0.05, 0.1) is 12.4 Å². The Balaban J connectivity index is 1.44. The SMILES string of the molecule is CC(=O)O[C@H]1CC[C@@]2(C)C(=CC[C@H]3[C@@H]4C[C@H](OC(C)=O)[C@H]([C@H](C)C(=O)C5=C(C)OC[C@H](C)C5)[C@@]4(C)CC[C@@H]32)C1. The normalized spacial score (nSPS) is 42.2. The molecule has 0 aromatic carbocycles. The molecule has 0 amide bonds. The molecule has 1 aliphatic heterocycles. The van der Waals surface area contributed by atoms with E-state index in [1.165, 1.54) is 19.4 Å². The lowest BCUT2D eigenvalue weighted by Gasteiger charge is -2.58. The second-order valence-electron chi connectivity index (χ2n) is 14.0. The predicted octanol–water partition coefficient (Wildman–Crippen LogP) is 6.57. The summed E-state index contributed by atoms with van der Waals surface area (Å²) in [7, 11) is 0. The highest BCUT2D eigenvalue weighted by molar-refractivity contribution is 5.97. The summed E-state index contributed by atoms with van der Waals surface area (Å²) in [5.74, 6) is 2.05. The zero-order valence-electron chi connectivity index (χ0n) is 25.0. The van der Waals surface area contributed by atoms with Gasteiger partial charge in [-0.25, -0.2) is 0 Å². The number of ketones is 1. The lowest BCUT2D eigenvalue weighted by Crippen LogP contribution is -2.51.